The average Bonchev–Trinajstić information content (AvgIpc) is 3.19. The molecule has 6 N–H and O–H groups in total. The van der Waals surface area contributed by atoms with Crippen molar-refractivity contribution in [1.82, 2.24) is 14.6 Å². The lowest BCUT2D eigenvalue weighted by Crippen LogP contribution is -2.30. The Labute approximate surface area is 220 Å². The van der Waals surface area contributed by atoms with E-state index in [4.69, 9.17) is 27.0 Å². The molecule has 0 amide bonds. The smallest absolute Gasteiger partial charge is 0.133 e. The standard InChI is InChI=1S/C29H34F2N6O/c1-16(2)18-12-26-27(35-15-18)21-13-22(31)20-14-25(21)37(26)28(17-8-10-38-11-9-17)23(32)6-4-19(30)5-7-24(33)29(20)36(3)34/h4-7,12-17,28H,8-11,32-34H2,1-3H3/b7-5-,19-4+,23-6-,29-24-. The van der Waals surface area contributed by atoms with Gasteiger partial charge in [-0.05, 0) is 72.7 Å². The van der Waals surface area contributed by atoms with Gasteiger partial charge in [-0.2, -0.15) is 0 Å². The van der Waals surface area contributed by atoms with Crippen LogP contribution in [0.1, 0.15) is 49.8 Å². The number of allylic oxidation sites excluding steroid dienone is 6. The number of ether oxygens (including phenoxy) is 1. The summed E-state index contributed by atoms with van der Waals surface area (Å²) < 4.78 is 38.4. The van der Waals surface area contributed by atoms with Gasteiger partial charge in [-0.25, -0.2) is 14.6 Å². The molecule has 2 aliphatic rings. The minimum absolute atomic E-state index is 0.115. The summed E-state index contributed by atoms with van der Waals surface area (Å²) in [5.41, 5.74) is 17.4. The highest BCUT2D eigenvalue weighted by molar-refractivity contribution is 6.07. The fourth-order valence-electron chi connectivity index (χ4n) is 5.53. The number of pyridine rings is 1. The van der Waals surface area contributed by atoms with E-state index in [1.165, 1.54) is 29.3 Å². The second kappa shape index (κ2) is 10.2. The van der Waals surface area contributed by atoms with E-state index < -0.39 is 11.6 Å². The number of nitrogens with zero attached hydrogens (tertiary/aromatic N) is 3. The molecule has 1 fully saturated rings. The molecule has 1 saturated heterocycles. The van der Waals surface area contributed by atoms with Crippen molar-refractivity contribution in [2.75, 3.05) is 20.3 Å². The Hall–Kier alpha value is -3.69. The first-order chi connectivity index (χ1) is 18.2. The van der Waals surface area contributed by atoms with Crippen LogP contribution in [0.3, 0.4) is 0 Å². The lowest BCUT2D eigenvalue weighted by Gasteiger charge is -2.33. The lowest BCUT2D eigenvalue weighted by atomic mass is 9.89. The number of nitrogens with two attached hydrogens (primary N) is 3. The third-order valence-electron chi connectivity index (χ3n) is 7.49. The van der Waals surface area contributed by atoms with Gasteiger partial charge < -0.3 is 25.8 Å². The third-order valence-corrected chi connectivity index (χ3v) is 7.49. The molecule has 1 atom stereocenters. The molecule has 2 bridgehead atoms. The molecule has 7 nitrogen and oxygen atoms in total. The van der Waals surface area contributed by atoms with E-state index in [9.17, 15) is 4.39 Å². The van der Waals surface area contributed by atoms with Gasteiger partial charge in [0.25, 0.3) is 0 Å². The largest absolute Gasteiger partial charge is 0.400 e. The first-order valence-electron chi connectivity index (χ1n) is 12.9. The van der Waals surface area contributed by atoms with Crippen molar-refractivity contribution in [1.29, 1.82) is 0 Å². The van der Waals surface area contributed by atoms with E-state index in [1.54, 1.807) is 19.2 Å². The maximum Gasteiger partial charge on any atom is 0.133 e. The van der Waals surface area contributed by atoms with Crippen molar-refractivity contribution in [2.24, 2.45) is 23.2 Å². The highest BCUT2D eigenvalue weighted by Crippen LogP contribution is 2.41. The summed E-state index contributed by atoms with van der Waals surface area (Å²) in [5, 5.41) is 1.90. The highest BCUT2D eigenvalue weighted by Gasteiger charge is 2.31. The summed E-state index contributed by atoms with van der Waals surface area (Å²) in [4.78, 5) is 4.78. The molecule has 38 heavy (non-hydrogen) atoms. The van der Waals surface area contributed by atoms with E-state index >= 15 is 4.39 Å². The molecule has 4 heterocycles. The number of fused-ring (bicyclic) bond motifs is 4. The molecule has 3 aromatic rings. The lowest BCUT2D eigenvalue weighted by molar-refractivity contribution is 0.0546. The fraction of sp³-hybridized carbons (Fsp3) is 0.345. The Morgan fingerprint density at radius 3 is 2.47 bits per heavy atom. The number of rotatable bonds is 3. The number of halogens is 2. The Morgan fingerprint density at radius 2 is 1.79 bits per heavy atom. The number of aromatic nitrogens is 2. The molecule has 0 spiro atoms. The number of benzene rings is 1. The Balaban J connectivity index is 1.95. The molecule has 5 rings (SSSR count). The number of hydrogen-bond donors (Lipinski definition) is 3. The van der Waals surface area contributed by atoms with Crippen molar-refractivity contribution in [3.63, 3.8) is 0 Å². The van der Waals surface area contributed by atoms with Gasteiger partial charge >= 0.3 is 0 Å². The van der Waals surface area contributed by atoms with Crippen LogP contribution in [0, 0.1) is 11.7 Å². The summed E-state index contributed by atoms with van der Waals surface area (Å²) in [5.74, 6) is 5.42. The summed E-state index contributed by atoms with van der Waals surface area (Å²) in [6, 6.07) is 4.99. The maximum absolute atomic E-state index is 15.8. The van der Waals surface area contributed by atoms with Crippen LogP contribution in [0.15, 0.2) is 65.9 Å². The zero-order valence-corrected chi connectivity index (χ0v) is 21.9. The summed E-state index contributed by atoms with van der Waals surface area (Å²) in [6.45, 7) is 5.42. The SMILES string of the molecule is CC(C)c1cnc2c3cc(F)c4cc3n(c2c1)C(C1CCOCC1)/C(N)=C/C=C(F)\C=C/C(N)=C\4N(C)N. The molecular formula is C29H34F2N6O. The molecule has 200 valence electrons. The van der Waals surface area contributed by atoms with Crippen molar-refractivity contribution < 1.29 is 13.5 Å². The molecule has 9 heteroatoms. The molecule has 2 aromatic heterocycles. The third kappa shape index (κ3) is 4.56. The van der Waals surface area contributed by atoms with E-state index in [0.717, 1.165) is 29.4 Å². The zero-order valence-electron chi connectivity index (χ0n) is 21.9. The van der Waals surface area contributed by atoms with Crippen LogP contribution >= 0.6 is 0 Å². The van der Waals surface area contributed by atoms with Crippen LogP contribution in [-0.4, -0.2) is 34.8 Å². The fourth-order valence-corrected chi connectivity index (χ4v) is 5.53. The van der Waals surface area contributed by atoms with Gasteiger partial charge in [0.1, 0.15) is 11.6 Å². The summed E-state index contributed by atoms with van der Waals surface area (Å²) >= 11 is 0. The van der Waals surface area contributed by atoms with E-state index in [2.05, 4.69) is 24.5 Å². The maximum atomic E-state index is 15.8. The van der Waals surface area contributed by atoms with Crippen LogP contribution in [-0.2, 0) is 4.74 Å². The molecule has 1 aromatic carbocycles. The molecular weight excluding hydrogens is 486 g/mol. The van der Waals surface area contributed by atoms with Crippen LogP contribution in [0.5, 0.6) is 0 Å². The quantitative estimate of drug-likeness (QED) is 0.327. The van der Waals surface area contributed by atoms with Gasteiger partial charge in [-0.15, -0.1) is 0 Å². The predicted octanol–water partition coefficient (Wildman–Crippen LogP) is 5.12. The highest BCUT2D eigenvalue weighted by atomic mass is 19.1. The Morgan fingerprint density at radius 1 is 1.05 bits per heavy atom. The summed E-state index contributed by atoms with van der Waals surface area (Å²) in [7, 11) is 1.57. The van der Waals surface area contributed by atoms with Gasteiger partial charge in [0, 0.05) is 43.1 Å². The topological polar surface area (TPSA) is 108 Å². The van der Waals surface area contributed by atoms with Crippen molar-refractivity contribution in [3.05, 3.63) is 82.9 Å². The van der Waals surface area contributed by atoms with Crippen molar-refractivity contribution >= 4 is 27.6 Å². The Bertz CT molecular complexity index is 1510. The summed E-state index contributed by atoms with van der Waals surface area (Å²) in [6.07, 6.45) is 8.92. The number of hydrazine groups is 1. The zero-order chi connectivity index (χ0) is 27.1. The molecule has 0 saturated carbocycles. The number of hydrogen-bond acceptors (Lipinski definition) is 6. The van der Waals surface area contributed by atoms with Gasteiger partial charge in [0.15, 0.2) is 0 Å². The Kier molecular flexibility index (Phi) is 6.98. The molecule has 1 unspecified atom stereocenters. The first-order valence-corrected chi connectivity index (χ1v) is 12.9. The normalized spacial score (nSPS) is 25.0. The monoisotopic (exact) mass is 520 g/mol. The first kappa shape index (κ1) is 25.9. The van der Waals surface area contributed by atoms with Gasteiger partial charge in [0.2, 0.25) is 0 Å². The van der Waals surface area contributed by atoms with E-state index in [-0.39, 0.29) is 34.8 Å². The van der Waals surface area contributed by atoms with Gasteiger partial charge in [-0.1, -0.05) is 13.8 Å². The van der Waals surface area contributed by atoms with Gasteiger partial charge in [-0.3, -0.25) is 4.98 Å². The predicted molar refractivity (Wildman–Crippen MR) is 148 cm³/mol. The van der Waals surface area contributed by atoms with Gasteiger partial charge in [0.05, 0.1) is 34.0 Å². The van der Waals surface area contributed by atoms with Crippen LogP contribution in [0.25, 0.3) is 27.6 Å². The molecule has 0 radical (unpaired) electrons. The second-order valence-electron chi connectivity index (χ2n) is 10.4. The van der Waals surface area contributed by atoms with Crippen LogP contribution < -0.4 is 17.3 Å². The van der Waals surface area contributed by atoms with Crippen LogP contribution in [0.4, 0.5) is 8.78 Å². The van der Waals surface area contributed by atoms with Crippen molar-refractivity contribution in [3.8, 4) is 0 Å². The average molecular weight is 521 g/mol. The van der Waals surface area contributed by atoms with E-state index in [0.29, 0.717) is 29.8 Å². The van der Waals surface area contributed by atoms with Crippen LogP contribution in [0.2, 0.25) is 0 Å². The second-order valence-corrected chi connectivity index (χ2v) is 10.4. The molecule has 2 aliphatic heterocycles. The molecule has 0 aliphatic carbocycles. The van der Waals surface area contributed by atoms with E-state index in [1.807, 2.05) is 6.20 Å². The minimum Gasteiger partial charge on any atom is -0.400 e. The van der Waals surface area contributed by atoms with Crippen molar-refractivity contribution in [2.45, 2.75) is 38.6 Å². The minimum atomic E-state index is -0.543.